The molecule has 4 aromatic rings. The standard InChI is InChI=1S/C21H19N3O2S/c1-2-24-12-18(11-22-24)23-21(25)20-9-15(14-27-20)13-26-19-8-7-16-5-3-4-6-17(16)10-19/h3-12,14H,2,13H2,1H3,(H,23,25). The van der Waals surface area contributed by atoms with E-state index >= 15 is 0 Å². The van der Waals surface area contributed by atoms with Crippen molar-refractivity contribution in [2.75, 3.05) is 5.32 Å². The number of hydrogen-bond acceptors (Lipinski definition) is 4. The zero-order valence-electron chi connectivity index (χ0n) is 14.9. The van der Waals surface area contributed by atoms with Crippen LogP contribution in [0.2, 0.25) is 0 Å². The molecule has 2 heterocycles. The van der Waals surface area contributed by atoms with Crippen LogP contribution in [0.1, 0.15) is 22.2 Å². The molecule has 0 aliphatic rings. The molecule has 0 spiro atoms. The molecule has 136 valence electrons. The number of carbonyl (C=O) groups excluding carboxylic acids is 1. The van der Waals surface area contributed by atoms with Crippen LogP contribution in [0.25, 0.3) is 10.8 Å². The molecule has 0 unspecified atom stereocenters. The van der Waals surface area contributed by atoms with Gasteiger partial charge in [-0.1, -0.05) is 30.3 Å². The van der Waals surface area contributed by atoms with Crippen LogP contribution in [0.5, 0.6) is 5.75 Å². The molecule has 0 atom stereocenters. The van der Waals surface area contributed by atoms with Crippen LogP contribution in [-0.4, -0.2) is 15.7 Å². The van der Waals surface area contributed by atoms with Crippen LogP contribution in [0.4, 0.5) is 5.69 Å². The molecule has 2 aromatic heterocycles. The van der Waals surface area contributed by atoms with Crippen molar-refractivity contribution in [1.29, 1.82) is 0 Å². The quantitative estimate of drug-likeness (QED) is 0.517. The van der Waals surface area contributed by atoms with Crippen LogP contribution < -0.4 is 10.1 Å². The summed E-state index contributed by atoms with van der Waals surface area (Å²) in [6.07, 6.45) is 3.47. The first-order chi connectivity index (χ1) is 13.2. The van der Waals surface area contributed by atoms with Gasteiger partial charge in [-0.15, -0.1) is 11.3 Å². The zero-order valence-corrected chi connectivity index (χ0v) is 15.7. The van der Waals surface area contributed by atoms with Crippen molar-refractivity contribution in [3.63, 3.8) is 0 Å². The summed E-state index contributed by atoms with van der Waals surface area (Å²) in [5.74, 6) is 0.686. The largest absolute Gasteiger partial charge is 0.489 e. The van der Waals surface area contributed by atoms with Crippen LogP contribution in [0, 0.1) is 0 Å². The van der Waals surface area contributed by atoms with Crippen molar-refractivity contribution >= 4 is 33.7 Å². The zero-order chi connectivity index (χ0) is 18.6. The molecule has 0 aliphatic carbocycles. The number of rotatable bonds is 6. The number of fused-ring (bicyclic) bond motifs is 1. The predicted octanol–water partition coefficient (Wildman–Crippen LogP) is 4.95. The van der Waals surface area contributed by atoms with Gasteiger partial charge in [0.05, 0.1) is 16.8 Å². The Morgan fingerprint density at radius 3 is 2.85 bits per heavy atom. The second kappa shape index (κ2) is 7.63. The highest BCUT2D eigenvalue weighted by Crippen LogP contribution is 2.23. The van der Waals surface area contributed by atoms with Crippen molar-refractivity contribution < 1.29 is 9.53 Å². The van der Waals surface area contributed by atoms with Crippen molar-refractivity contribution in [2.24, 2.45) is 0 Å². The minimum atomic E-state index is -0.132. The second-order valence-electron chi connectivity index (χ2n) is 6.16. The van der Waals surface area contributed by atoms with Gasteiger partial charge >= 0.3 is 0 Å². The van der Waals surface area contributed by atoms with Gasteiger partial charge in [0, 0.05) is 18.3 Å². The van der Waals surface area contributed by atoms with E-state index < -0.39 is 0 Å². The Morgan fingerprint density at radius 1 is 1.19 bits per heavy atom. The summed E-state index contributed by atoms with van der Waals surface area (Å²) < 4.78 is 7.66. The maximum absolute atomic E-state index is 12.4. The highest BCUT2D eigenvalue weighted by Gasteiger charge is 2.11. The number of thiophene rings is 1. The van der Waals surface area contributed by atoms with Crippen LogP contribution in [0.3, 0.4) is 0 Å². The molecule has 0 saturated carbocycles. The number of carbonyl (C=O) groups is 1. The summed E-state index contributed by atoms with van der Waals surface area (Å²) in [5, 5.41) is 11.3. The van der Waals surface area contributed by atoms with Gasteiger partial charge < -0.3 is 10.1 Å². The van der Waals surface area contributed by atoms with Gasteiger partial charge in [0.2, 0.25) is 0 Å². The highest BCUT2D eigenvalue weighted by molar-refractivity contribution is 7.12. The average Bonchev–Trinajstić information content (AvgIpc) is 3.35. The van der Waals surface area contributed by atoms with E-state index in [0.717, 1.165) is 23.2 Å². The van der Waals surface area contributed by atoms with Gasteiger partial charge in [-0.3, -0.25) is 9.48 Å². The fourth-order valence-corrected chi connectivity index (χ4v) is 3.58. The van der Waals surface area contributed by atoms with Gasteiger partial charge in [0.15, 0.2) is 0 Å². The minimum absolute atomic E-state index is 0.132. The Kier molecular flexibility index (Phi) is 4.89. The number of ether oxygens (including phenoxy) is 1. The summed E-state index contributed by atoms with van der Waals surface area (Å²) in [6, 6.07) is 16.1. The van der Waals surface area contributed by atoms with Gasteiger partial charge in [0.1, 0.15) is 12.4 Å². The molecule has 4 rings (SSSR count). The Hall–Kier alpha value is -3.12. The predicted molar refractivity (Wildman–Crippen MR) is 108 cm³/mol. The smallest absolute Gasteiger partial charge is 0.265 e. The molecule has 2 aromatic carbocycles. The molecule has 27 heavy (non-hydrogen) atoms. The van der Waals surface area contributed by atoms with E-state index in [4.69, 9.17) is 4.74 Å². The molecular formula is C21H19N3O2S. The van der Waals surface area contributed by atoms with Gasteiger partial charge in [0.25, 0.3) is 5.91 Å². The van der Waals surface area contributed by atoms with Crippen molar-refractivity contribution in [1.82, 2.24) is 9.78 Å². The Bertz CT molecular complexity index is 1080. The second-order valence-corrected chi connectivity index (χ2v) is 7.07. The molecule has 0 fully saturated rings. The summed E-state index contributed by atoms with van der Waals surface area (Å²) in [5.41, 5.74) is 1.67. The van der Waals surface area contributed by atoms with Crippen LogP contribution in [0.15, 0.2) is 66.3 Å². The number of aromatic nitrogens is 2. The molecule has 6 heteroatoms. The fraction of sp³-hybridized carbons (Fsp3) is 0.143. The third-order valence-corrected chi connectivity index (χ3v) is 5.20. The fourth-order valence-electron chi connectivity index (χ4n) is 2.79. The molecule has 5 nitrogen and oxygen atoms in total. The summed E-state index contributed by atoms with van der Waals surface area (Å²) >= 11 is 1.41. The van der Waals surface area contributed by atoms with Crippen molar-refractivity contribution in [3.8, 4) is 5.75 Å². The lowest BCUT2D eigenvalue weighted by Gasteiger charge is -2.06. The lowest BCUT2D eigenvalue weighted by molar-refractivity contribution is 0.103. The number of amides is 1. The van der Waals surface area contributed by atoms with Crippen molar-refractivity contribution in [2.45, 2.75) is 20.1 Å². The first-order valence-corrected chi connectivity index (χ1v) is 9.62. The van der Waals surface area contributed by atoms with Gasteiger partial charge in [-0.05, 0) is 41.3 Å². The first-order valence-electron chi connectivity index (χ1n) is 8.74. The van der Waals surface area contributed by atoms with E-state index in [1.54, 1.807) is 10.9 Å². The maximum atomic E-state index is 12.4. The van der Waals surface area contributed by atoms with E-state index in [2.05, 4.69) is 22.5 Å². The molecule has 0 saturated heterocycles. The summed E-state index contributed by atoms with van der Waals surface area (Å²) in [6.45, 7) is 3.20. The lowest BCUT2D eigenvalue weighted by atomic mass is 10.1. The molecule has 0 radical (unpaired) electrons. The lowest BCUT2D eigenvalue weighted by Crippen LogP contribution is -2.09. The van der Waals surface area contributed by atoms with Crippen LogP contribution in [-0.2, 0) is 13.2 Å². The third-order valence-electron chi connectivity index (χ3n) is 4.22. The van der Waals surface area contributed by atoms with Crippen LogP contribution >= 0.6 is 11.3 Å². The van der Waals surface area contributed by atoms with E-state index in [1.807, 2.05) is 54.9 Å². The molecule has 1 N–H and O–H groups in total. The topological polar surface area (TPSA) is 56.2 Å². The highest BCUT2D eigenvalue weighted by atomic mass is 32.1. The summed E-state index contributed by atoms with van der Waals surface area (Å²) in [4.78, 5) is 13.0. The average molecular weight is 377 g/mol. The first kappa shape index (κ1) is 17.3. The maximum Gasteiger partial charge on any atom is 0.265 e. The monoisotopic (exact) mass is 377 g/mol. The number of nitrogens with one attached hydrogen (secondary N) is 1. The number of anilines is 1. The number of benzene rings is 2. The Balaban J connectivity index is 1.38. The number of aryl methyl sites for hydroxylation is 1. The van der Waals surface area contributed by atoms with Gasteiger partial charge in [-0.2, -0.15) is 5.10 Å². The Labute approximate surface area is 161 Å². The molecule has 1 amide bonds. The third kappa shape index (κ3) is 4.01. The normalized spacial score (nSPS) is 10.9. The summed E-state index contributed by atoms with van der Waals surface area (Å²) in [7, 11) is 0. The SMILES string of the molecule is CCn1cc(NC(=O)c2cc(COc3ccc4ccccc4c3)cs2)cn1. The van der Waals surface area contributed by atoms with Gasteiger partial charge in [-0.25, -0.2) is 0 Å². The van der Waals surface area contributed by atoms with E-state index in [9.17, 15) is 4.79 Å². The molecule has 0 aliphatic heterocycles. The number of nitrogens with zero attached hydrogens (tertiary/aromatic N) is 2. The number of hydrogen-bond donors (Lipinski definition) is 1. The van der Waals surface area contributed by atoms with E-state index in [-0.39, 0.29) is 5.91 Å². The molecular weight excluding hydrogens is 358 g/mol. The molecule has 0 bridgehead atoms. The van der Waals surface area contributed by atoms with Crippen molar-refractivity contribution in [3.05, 3.63) is 76.7 Å². The Morgan fingerprint density at radius 2 is 2.04 bits per heavy atom. The van der Waals surface area contributed by atoms with E-state index in [1.165, 1.54) is 16.7 Å². The minimum Gasteiger partial charge on any atom is -0.489 e. The van der Waals surface area contributed by atoms with E-state index in [0.29, 0.717) is 17.2 Å².